The van der Waals surface area contributed by atoms with Gasteiger partial charge in [-0.3, -0.25) is 9.36 Å². The molecular weight excluding hydrogens is 472 g/mol. The summed E-state index contributed by atoms with van der Waals surface area (Å²) in [5.41, 5.74) is 2.60. The molecule has 1 N–H and O–H groups in total. The van der Waals surface area contributed by atoms with E-state index >= 15 is 0 Å². The SMILES string of the molecule is C=CCn1c(COc2cccc(C)c2)nnc1SCC(=O)Nc1sc2c(c1C(=O)OC)CCC2. The number of thiophene rings is 1. The molecule has 0 aliphatic heterocycles. The number of rotatable bonds is 10. The van der Waals surface area contributed by atoms with Gasteiger partial charge in [-0.25, -0.2) is 4.79 Å². The maximum absolute atomic E-state index is 12.7. The molecule has 0 saturated carbocycles. The average Bonchev–Trinajstić information content (AvgIpc) is 3.51. The molecule has 1 aromatic carbocycles. The Labute approximate surface area is 206 Å². The van der Waals surface area contributed by atoms with Crippen LogP contribution in [0.3, 0.4) is 0 Å². The Morgan fingerprint density at radius 2 is 2.18 bits per heavy atom. The summed E-state index contributed by atoms with van der Waals surface area (Å²) in [6, 6.07) is 7.79. The minimum atomic E-state index is -0.411. The second-order valence-corrected chi connectivity index (χ2v) is 9.84. The molecule has 1 aliphatic carbocycles. The summed E-state index contributed by atoms with van der Waals surface area (Å²) in [6.07, 6.45) is 4.52. The van der Waals surface area contributed by atoms with Crippen LogP contribution in [-0.4, -0.2) is 39.5 Å². The van der Waals surface area contributed by atoms with E-state index in [0.717, 1.165) is 41.0 Å². The number of aryl methyl sites for hydroxylation is 2. The summed E-state index contributed by atoms with van der Waals surface area (Å²) in [6.45, 7) is 6.56. The van der Waals surface area contributed by atoms with Crippen molar-refractivity contribution in [3.63, 3.8) is 0 Å². The number of thioether (sulfide) groups is 1. The largest absolute Gasteiger partial charge is 0.486 e. The number of allylic oxidation sites excluding steroid dienone is 1. The summed E-state index contributed by atoms with van der Waals surface area (Å²) in [5, 5.41) is 12.5. The van der Waals surface area contributed by atoms with Crippen molar-refractivity contribution in [1.82, 2.24) is 14.8 Å². The van der Waals surface area contributed by atoms with Gasteiger partial charge in [0.1, 0.15) is 17.4 Å². The number of hydrogen-bond donors (Lipinski definition) is 1. The molecular formula is C24H26N4O4S2. The van der Waals surface area contributed by atoms with E-state index in [0.29, 0.717) is 28.1 Å². The van der Waals surface area contributed by atoms with Crippen molar-refractivity contribution in [3.05, 3.63) is 64.3 Å². The highest BCUT2D eigenvalue weighted by Gasteiger charge is 2.28. The van der Waals surface area contributed by atoms with Crippen LogP contribution in [0.25, 0.3) is 0 Å². The number of methoxy groups -OCH3 is 1. The van der Waals surface area contributed by atoms with E-state index in [9.17, 15) is 9.59 Å². The van der Waals surface area contributed by atoms with Gasteiger partial charge in [0.05, 0.1) is 18.4 Å². The first-order valence-electron chi connectivity index (χ1n) is 10.9. The molecule has 8 nitrogen and oxygen atoms in total. The molecule has 178 valence electrons. The predicted molar refractivity (Wildman–Crippen MR) is 133 cm³/mol. The van der Waals surface area contributed by atoms with Gasteiger partial charge in [-0.05, 0) is 49.4 Å². The number of esters is 1. The smallest absolute Gasteiger partial charge is 0.341 e. The summed E-state index contributed by atoms with van der Waals surface area (Å²) < 4.78 is 12.7. The molecule has 1 amide bonds. The van der Waals surface area contributed by atoms with Crippen LogP contribution in [0.1, 0.15) is 38.6 Å². The maximum atomic E-state index is 12.7. The van der Waals surface area contributed by atoms with Crippen LogP contribution < -0.4 is 10.1 Å². The summed E-state index contributed by atoms with van der Waals surface area (Å²) in [4.78, 5) is 26.2. The van der Waals surface area contributed by atoms with Gasteiger partial charge in [0.25, 0.3) is 0 Å². The third kappa shape index (κ3) is 5.34. The molecule has 2 heterocycles. The third-order valence-corrected chi connectivity index (χ3v) is 7.53. The van der Waals surface area contributed by atoms with Crippen LogP contribution in [0.4, 0.5) is 5.00 Å². The van der Waals surface area contributed by atoms with Gasteiger partial charge in [0, 0.05) is 11.4 Å². The molecule has 0 spiro atoms. The number of nitrogens with one attached hydrogen (secondary N) is 1. The molecule has 0 atom stereocenters. The first-order chi connectivity index (χ1) is 16.5. The number of aromatic nitrogens is 3. The Balaban J connectivity index is 1.41. The molecule has 0 fully saturated rings. The van der Waals surface area contributed by atoms with Crippen LogP contribution in [-0.2, 0) is 35.5 Å². The Hall–Kier alpha value is -3.11. The van der Waals surface area contributed by atoms with Crippen molar-refractivity contribution in [2.24, 2.45) is 0 Å². The van der Waals surface area contributed by atoms with Crippen LogP contribution in [0.5, 0.6) is 5.75 Å². The summed E-state index contributed by atoms with van der Waals surface area (Å²) >= 11 is 2.73. The fourth-order valence-electron chi connectivity index (χ4n) is 3.80. The highest BCUT2D eigenvalue weighted by Crippen LogP contribution is 2.39. The van der Waals surface area contributed by atoms with Crippen molar-refractivity contribution in [2.45, 2.75) is 44.5 Å². The van der Waals surface area contributed by atoms with Crippen molar-refractivity contribution in [3.8, 4) is 5.75 Å². The van der Waals surface area contributed by atoms with Crippen LogP contribution in [0.15, 0.2) is 42.1 Å². The lowest BCUT2D eigenvalue weighted by atomic mass is 10.1. The standard InChI is InChI=1S/C24H26N4O4S2/c1-4-11-28-19(13-32-16-8-5-7-15(2)12-16)26-27-24(28)33-14-20(29)25-22-21(23(30)31-3)17-9-6-10-18(17)34-22/h4-5,7-8,12H,1,6,9-11,13-14H2,2-3H3,(H,25,29). The van der Waals surface area contributed by atoms with E-state index in [4.69, 9.17) is 9.47 Å². The molecule has 34 heavy (non-hydrogen) atoms. The van der Waals surface area contributed by atoms with Crippen molar-refractivity contribution >= 4 is 40.0 Å². The van der Waals surface area contributed by atoms with E-state index in [2.05, 4.69) is 22.1 Å². The first kappa shape index (κ1) is 24.0. The third-order valence-electron chi connectivity index (χ3n) is 5.36. The number of carbonyl (C=O) groups excluding carboxylic acids is 2. The Morgan fingerprint density at radius 3 is 2.94 bits per heavy atom. The second kappa shape index (κ2) is 10.9. The van der Waals surface area contributed by atoms with Crippen molar-refractivity contribution < 1.29 is 19.1 Å². The quantitative estimate of drug-likeness (QED) is 0.251. The van der Waals surface area contributed by atoms with E-state index in [1.54, 1.807) is 6.08 Å². The number of ether oxygens (including phenoxy) is 2. The number of nitrogens with zero attached hydrogens (tertiary/aromatic N) is 3. The van der Waals surface area contributed by atoms with Crippen molar-refractivity contribution in [1.29, 1.82) is 0 Å². The van der Waals surface area contributed by atoms with Gasteiger partial charge in [-0.1, -0.05) is 30.0 Å². The monoisotopic (exact) mass is 498 g/mol. The van der Waals surface area contributed by atoms with Gasteiger partial charge < -0.3 is 14.8 Å². The zero-order valence-corrected chi connectivity index (χ0v) is 20.8. The predicted octanol–water partition coefficient (Wildman–Crippen LogP) is 4.42. The molecule has 10 heteroatoms. The molecule has 3 aromatic rings. The highest BCUT2D eigenvalue weighted by atomic mass is 32.2. The molecule has 1 aliphatic rings. The number of benzene rings is 1. The summed E-state index contributed by atoms with van der Waals surface area (Å²) in [7, 11) is 1.36. The number of fused-ring (bicyclic) bond motifs is 1. The summed E-state index contributed by atoms with van der Waals surface area (Å²) in [5.74, 6) is 0.891. The zero-order chi connectivity index (χ0) is 24.1. The van der Waals surface area contributed by atoms with Gasteiger partial charge in [-0.2, -0.15) is 0 Å². The number of hydrogen-bond acceptors (Lipinski definition) is 8. The van der Waals surface area contributed by atoms with E-state index in [-0.39, 0.29) is 18.3 Å². The van der Waals surface area contributed by atoms with Gasteiger partial charge in [0.2, 0.25) is 5.91 Å². The first-order valence-corrected chi connectivity index (χ1v) is 12.7. The molecule has 0 radical (unpaired) electrons. The van der Waals surface area contributed by atoms with Gasteiger partial charge >= 0.3 is 5.97 Å². The van der Waals surface area contributed by atoms with Crippen LogP contribution >= 0.6 is 23.1 Å². The lowest BCUT2D eigenvalue weighted by molar-refractivity contribution is -0.113. The van der Waals surface area contributed by atoms with Gasteiger partial charge in [0.15, 0.2) is 11.0 Å². The van der Waals surface area contributed by atoms with Crippen molar-refractivity contribution in [2.75, 3.05) is 18.2 Å². The fourth-order valence-corrected chi connectivity index (χ4v) is 5.86. The number of amides is 1. The lowest BCUT2D eigenvalue weighted by Crippen LogP contribution is -2.17. The lowest BCUT2D eigenvalue weighted by Gasteiger charge is -2.10. The Bertz CT molecular complexity index is 1220. The number of anilines is 1. The van der Waals surface area contributed by atoms with E-state index in [1.165, 1.54) is 30.2 Å². The molecule has 4 rings (SSSR count). The van der Waals surface area contributed by atoms with Gasteiger partial charge in [-0.15, -0.1) is 28.1 Å². The maximum Gasteiger partial charge on any atom is 0.341 e. The molecule has 0 bridgehead atoms. The zero-order valence-electron chi connectivity index (χ0n) is 19.1. The molecule has 2 aromatic heterocycles. The van der Waals surface area contributed by atoms with Crippen LogP contribution in [0, 0.1) is 6.92 Å². The fraction of sp³-hybridized carbons (Fsp3) is 0.333. The van der Waals surface area contributed by atoms with E-state index in [1.807, 2.05) is 35.8 Å². The molecule has 0 unspecified atom stereocenters. The Kier molecular flexibility index (Phi) is 7.69. The normalized spacial score (nSPS) is 12.3. The van der Waals surface area contributed by atoms with E-state index < -0.39 is 5.97 Å². The molecule has 0 saturated heterocycles. The minimum Gasteiger partial charge on any atom is -0.486 e. The average molecular weight is 499 g/mol. The van der Waals surface area contributed by atoms with Crippen LogP contribution in [0.2, 0.25) is 0 Å². The second-order valence-electron chi connectivity index (χ2n) is 7.79. The number of carbonyl (C=O) groups is 2. The topological polar surface area (TPSA) is 95.3 Å². The highest BCUT2D eigenvalue weighted by molar-refractivity contribution is 7.99. The Morgan fingerprint density at radius 1 is 1.32 bits per heavy atom. The minimum absolute atomic E-state index is 0.122.